The van der Waals surface area contributed by atoms with Crippen molar-refractivity contribution in [1.82, 2.24) is 5.16 Å². The number of carboxylic acid groups (broad SMARTS) is 1. The van der Waals surface area contributed by atoms with E-state index in [-0.39, 0.29) is 0 Å². The van der Waals surface area contributed by atoms with E-state index in [1.807, 2.05) is 18.2 Å². The zero-order chi connectivity index (χ0) is 15.0. The molecule has 1 aromatic heterocycles. The number of rotatable bonds is 3. The summed E-state index contributed by atoms with van der Waals surface area (Å²) in [5, 5.41) is 14.6. The Morgan fingerprint density at radius 2 is 1.95 bits per heavy atom. The third-order valence-corrected chi connectivity index (χ3v) is 3.73. The number of benzene rings is 2. The third kappa shape index (κ3) is 2.50. The predicted octanol–water partition coefficient (Wildman–Crippen LogP) is 4.34. The SMILES string of the molecule is CC(C(=O)O)c1ccc2onc(-c3ccc(Cl)cc3)c2c1. The number of aromatic nitrogens is 1. The molecular weight excluding hydrogens is 290 g/mol. The molecule has 4 nitrogen and oxygen atoms in total. The molecule has 1 unspecified atom stereocenters. The summed E-state index contributed by atoms with van der Waals surface area (Å²) in [6.07, 6.45) is 0. The summed E-state index contributed by atoms with van der Waals surface area (Å²) in [6, 6.07) is 12.6. The van der Waals surface area contributed by atoms with Gasteiger partial charge in [-0.2, -0.15) is 0 Å². The fourth-order valence-corrected chi connectivity index (χ4v) is 2.31. The smallest absolute Gasteiger partial charge is 0.310 e. The number of hydrogen-bond donors (Lipinski definition) is 1. The molecule has 1 heterocycles. The first-order chi connectivity index (χ1) is 10.1. The highest BCUT2D eigenvalue weighted by atomic mass is 35.5. The Hall–Kier alpha value is -2.33. The van der Waals surface area contributed by atoms with Gasteiger partial charge in [0.2, 0.25) is 0 Å². The van der Waals surface area contributed by atoms with Gasteiger partial charge in [0.15, 0.2) is 5.58 Å². The molecular formula is C16H12ClNO3. The lowest BCUT2D eigenvalue weighted by atomic mass is 9.98. The topological polar surface area (TPSA) is 63.3 Å². The zero-order valence-corrected chi connectivity index (χ0v) is 12.0. The van der Waals surface area contributed by atoms with Crippen LogP contribution in [0.25, 0.3) is 22.2 Å². The monoisotopic (exact) mass is 301 g/mol. The Morgan fingerprint density at radius 1 is 1.24 bits per heavy atom. The molecule has 3 rings (SSSR count). The van der Waals surface area contributed by atoms with Crippen LogP contribution in [0.15, 0.2) is 47.0 Å². The highest BCUT2D eigenvalue weighted by molar-refractivity contribution is 6.30. The van der Waals surface area contributed by atoms with Gasteiger partial charge in [-0.3, -0.25) is 4.79 Å². The van der Waals surface area contributed by atoms with E-state index in [9.17, 15) is 4.79 Å². The maximum absolute atomic E-state index is 11.1. The molecule has 0 aliphatic rings. The van der Waals surface area contributed by atoms with E-state index >= 15 is 0 Å². The Bertz CT molecular complexity index is 808. The predicted molar refractivity (Wildman–Crippen MR) is 80.5 cm³/mol. The van der Waals surface area contributed by atoms with Crippen LogP contribution >= 0.6 is 11.6 Å². The number of nitrogens with zero attached hydrogens (tertiary/aromatic N) is 1. The molecule has 0 spiro atoms. The maximum Gasteiger partial charge on any atom is 0.310 e. The molecule has 0 saturated carbocycles. The third-order valence-electron chi connectivity index (χ3n) is 3.48. The number of halogens is 1. The quantitative estimate of drug-likeness (QED) is 0.781. The number of aliphatic carboxylic acids is 1. The van der Waals surface area contributed by atoms with Crippen molar-refractivity contribution in [3.05, 3.63) is 53.1 Å². The van der Waals surface area contributed by atoms with Crippen LogP contribution in [-0.4, -0.2) is 16.2 Å². The fraction of sp³-hybridized carbons (Fsp3) is 0.125. The largest absolute Gasteiger partial charge is 0.481 e. The maximum atomic E-state index is 11.1. The molecule has 3 aromatic rings. The second-order valence-corrected chi connectivity index (χ2v) is 5.29. The molecule has 0 aliphatic carbocycles. The van der Waals surface area contributed by atoms with Crippen molar-refractivity contribution in [3.8, 4) is 11.3 Å². The summed E-state index contributed by atoms with van der Waals surface area (Å²) >= 11 is 5.88. The zero-order valence-electron chi connectivity index (χ0n) is 11.2. The van der Waals surface area contributed by atoms with Crippen molar-refractivity contribution in [1.29, 1.82) is 0 Å². The molecule has 0 aliphatic heterocycles. The first-order valence-corrected chi connectivity index (χ1v) is 6.82. The molecule has 1 atom stereocenters. The normalized spacial score (nSPS) is 12.5. The Balaban J connectivity index is 2.13. The first kappa shape index (κ1) is 13.6. The average Bonchev–Trinajstić information content (AvgIpc) is 2.90. The van der Waals surface area contributed by atoms with Crippen molar-refractivity contribution < 1.29 is 14.4 Å². The second-order valence-electron chi connectivity index (χ2n) is 4.85. The summed E-state index contributed by atoms with van der Waals surface area (Å²) in [4.78, 5) is 11.1. The fourth-order valence-electron chi connectivity index (χ4n) is 2.18. The van der Waals surface area contributed by atoms with Gasteiger partial charge in [0.05, 0.1) is 5.92 Å². The minimum absolute atomic E-state index is 0.581. The van der Waals surface area contributed by atoms with Crippen LogP contribution in [0, 0.1) is 0 Å². The van der Waals surface area contributed by atoms with Gasteiger partial charge in [-0.15, -0.1) is 0 Å². The minimum atomic E-state index is -0.862. The van der Waals surface area contributed by atoms with E-state index in [0.717, 1.165) is 10.9 Å². The van der Waals surface area contributed by atoms with Gasteiger partial charge in [0, 0.05) is 16.0 Å². The Labute approximate surface area is 125 Å². The van der Waals surface area contributed by atoms with E-state index < -0.39 is 11.9 Å². The highest BCUT2D eigenvalue weighted by Crippen LogP contribution is 2.31. The lowest BCUT2D eigenvalue weighted by Gasteiger charge is -2.06. The summed E-state index contributed by atoms with van der Waals surface area (Å²) in [7, 11) is 0. The van der Waals surface area contributed by atoms with E-state index in [2.05, 4.69) is 5.16 Å². The van der Waals surface area contributed by atoms with Crippen molar-refractivity contribution in [2.75, 3.05) is 0 Å². The Kier molecular flexibility index (Phi) is 3.39. The van der Waals surface area contributed by atoms with Crippen LogP contribution in [0.4, 0.5) is 0 Å². The lowest BCUT2D eigenvalue weighted by molar-refractivity contribution is -0.138. The number of carboxylic acids is 1. The van der Waals surface area contributed by atoms with Crippen molar-refractivity contribution >= 4 is 28.5 Å². The van der Waals surface area contributed by atoms with E-state index in [1.54, 1.807) is 31.2 Å². The van der Waals surface area contributed by atoms with Gasteiger partial charge in [-0.05, 0) is 36.8 Å². The van der Waals surface area contributed by atoms with Crippen LogP contribution < -0.4 is 0 Å². The van der Waals surface area contributed by atoms with Crippen LogP contribution in [0.3, 0.4) is 0 Å². The first-order valence-electron chi connectivity index (χ1n) is 6.44. The molecule has 21 heavy (non-hydrogen) atoms. The van der Waals surface area contributed by atoms with E-state index in [1.165, 1.54) is 0 Å². The summed E-state index contributed by atoms with van der Waals surface area (Å²) < 4.78 is 5.30. The molecule has 2 aromatic carbocycles. The van der Waals surface area contributed by atoms with Crippen molar-refractivity contribution in [3.63, 3.8) is 0 Å². The number of hydrogen-bond acceptors (Lipinski definition) is 3. The van der Waals surface area contributed by atoms with Gasteiger partial charge < -0.3 is 9.63 Å². The molecule has 106 valence electrons. The summed E-state index contributed by atoms with van der Waals surface area (Å²) in [6.45, 7) is 1.65. The Morgan fingerprint density at radius 3 is 2.62 bits per heavy atom. The molecule has 0 amide bonds. The summed E-state index contributed by atoms with van der Waals surface area (Å²) in [5.74, 6) is -1.44. The van der Waals surface area contributed by atoms with Crippen LogP contribution in [0.5, 0.6) is 0 Å². The van der Waals surface area contributed by atoms with Crippen LogP contribution in [0.2, 0.25) is 5.02 Å². The molecule has 5 heteroatoms. The number of carbonyl (C=O) groups is 1. The average molecular weight is 302 g/mol. The van der Waals surface area contributed by atoms with Gasteiger partial charge in [0.1, 0.15) is 5.69 Å². The molecule has 0 bridgehead atoms. The van der Waals surface area contributed by atoms with E-state index in [0.29, 0.717) is 21.9 Å². The molecule has 1 N–H and O–H groups in total. The standard InChI is InChI=1S/C16H12ClNO3/c1-9(16(19)20)11-4-7-14-13(8-11)15(18-21-14)10-2-5-12(17)6-3-10/h2-9H,1H3,(H,19,20). The lowest BCUT2D eigenvalue weighted by Crippen LogP contribution is -2.06. The van der Waals surface area contributed by atoms with Gasteiger partial charge in [-0.25, -0.2) is 0 Å². The minimum Gasteiger partial charge on any atom is -0.481 e. The number of fused-ring (bicyclic) bond motifs is 1. The summed E-state index contributed by atoms with van der Waals surface area (Å²) in [5.41, 5.74) is 2.90. The van der Waals surface area contributed by atoms with Crippen LogP contribution in [0.1, 0.15) is 18.4 Å². The molecule has 0 saturated heterocycles. The molecule has 0 fully saturated rings. The second kappa shape index (κ2) is 5.22. The van der Waals surface area contributed by atoms with Crippen molar-refractivity contribution in [2.24, 2.45) is 0 Å². The van der Waals surface area contributed by atoms with Gasteiger partial charge in [-0.1, -0.05) is 35.0 Å². The van der Waals surface area contributed by atoms with Gasteiger partial charge in [0.25, 0.3) is 0 Å². The van der Waals surface area contributed by atoms with E-state index in [4.69, 9.17) is 21.2 Å². The van der Waals surface area contributed by atoms with Gasteiger partial charge >= 0.3 is 5.97 Å². The highest BCUT2D eigenvalue weighted by Gasteiger charge is 2.17. The van der Waals surface area contributed by atoms with Crippen molar-refractivity contribution in [2.45, 2.75) is 12.8 Å². The van der Waals surface area contributed by atoms with Crippen LogP contribution in [-0.2, 0) is 4.79 Å². The molecule has 0 radical (unpaired) electrons.